The van der Waals surface area contributed by atoms with Crippen molar-refractivity contribution in [3.05, 3.63) is 29.6 Å². The highest BCUT2D eigenvalue weighted by Crippen LogP contribution is 2.19. The van der Waals surface area contributed by atoms with E-state index in [0.717, 1.165) is 12.0 Å². The molecule has 1 amide bonds. The molecule has 112 valence electrons. The third-order valence-electron chi connectivity index (χ3n) is 3.05. The molecule has 0 aliphatic carbocycles. The Balaban J connectivity index is 2.82. The van der Waals surface area contributed by atoms with E-state index in [1.54, 1.807) is 27.1 Å². The zero-order valence-corrected chi connectivity index (χ0v) is 12.5. The summed E-state index contributed by atoms with van der Waals surface area (Å²) >= 11 is 0. The maximum Gasteiger partial charge on any atom is 0.262 e. The molecule has 0 saturated heterocycles. The first-order chi connectivity index (χ1) is 9.33. The Morgan fingerprint density at radius 3 is 2.60 bits per heavy atom. The van der Waals surface area contributed by atoms with E-state index in [1.165, 1.54) is 17.0 Å². The number of carbonyl (C=O) groups is 1. The Labute approximate surface area is 119 Å². The van der Waals surface area contributed by atoms with E-state index in [1.807, 2.05) is 6.92 Å². The first-order valence-corrected chi connectivity index (χ1v) is 6.76. The molecule has 1 rings (SSSR count). The number of rotatable bonds is 6. The van der Waals surface area contributed by atoms with Gasteiger partial charge in [0, 0.05) is 26.2 Å². The fourth-order valence-corrected chi connectivity index (χ4v) is 1.87. The molecule has 0 aliphatic rings. The Morgan fingerprint density at radius 1 is 1.40 bits per heavy atom. The number of nitrogens with zero attached hydrogens (tertiary/aromatic N) is 1. The smallest absolute Gasteiger partial charge is 0.262 e. The predicted octanol–water partition coefficient (Wildman–Crippen LogP) is 1.96. The van der Waals surface area contributed by atoms with E-state index in [4.69, 9.17) is 10.5 Å². The SMILES string of the molecule is CCC(N)Cc1cc(F)cc(OC(C)C(=O)N(C)C)c1. The molecule has 0 radical (unpaired) electrons. The second-order valence-electron chi connectivity index (χ2n) is 5.16. The van der Waals surface area contributed by atoms with Crippen molar-refractivity contribution >= 4 is 5.91 Å². The molecule has 4 nitrogen and oxygen atoms in total. The molecule has 0 fully saturated rings. The summed E-state index contributed by atoms with van der Waals surface area (Å²) < 4.78 is 19.1. The standard InChI is InChI=1S/C15H23FN2O2/c1-5-13(17)7-11-6-12(16)9-14(8-11)20-10(2)15(19)18(3)4/h6,8-10,13H,5,7,17H2,1-4H3. The van der Waals surface area contributed by atoms with Gasteiger partial charge in [-0.1, -0.05) is 6.92 Å². The van der Waals surface area contributed by atoms with E-state index >= 15 is 0 Å². The minimum absolute atomic E-state index is 0.00881. The van der Waals surface area contributed by atoms with Crippen molar-refractivity contribution in [2.45, 2.75) is 38.8 Å². The fraction of sp³-hybridized carbons (Fsp3) is 0.533. The molecule has 1 aromatic rings. The lowest BCUT2D eigenvalue weighted by Crippen LogP contribution is -2.35. The maximum absolute atomic E-state index is 13.6. The molecule has 2 unspecified atom stereocenters. The predicted molar refractivity (Wildman–Crippen MR) is 77.2 cm³/mol. The number of benzene rings is 1. The van der Waals surface area contributed by atoms with Crippen LogP contribution in [0.3, 0.4) is 0 Å². The quantitative estimate of drug-likeness (QED) is 0.867. The van der Waals surface area contributed by atoms with E-state index in [0.29, 0.717) is 12.2 Å². The van der Waals surface area contributed by atoms with Gasteiger partial charge in [0.15, 0.2) is 6.10 Å². The fourth-order valence-electron chi connectivity index (χ4n) is 1.87. The minimum Gasteiger partial charge on any atom is -0.481 e. The van der Waals surface area contributed by atoms with Crippen LogP contribution >= 0.6 is 0 Å². The average Bonchev–Trinajstić information content (AvgIpc) is 2.36. The highest BCUT2D eigenvalue weighted by molar-refractivity contribution is 5.80. The van der Waals surface area contributed by atoms with Crippen LogP contribution in [0.15, 0.2) is 18.2 Å². The van der Waals surface area contributed by atoms with Crippen LogP contribution in [-0.2, 0) is 11.2 Å². The van der Waals surface area contributed by atoms with Crippen LogP contribution in [0.2, 0.25) is 0 Å². The summed E-state index contributed by atoms with van der Waals surface area (Å²) in [5, 5.41) is 0. The number of amides is 1. The van der Waals surface area contributed by atoms with Gasteiger partial charge in [0.1, 0.15) is 11.6 Å². The summed E-state index contributed by atoms with van der Waals surface area (Å²) in [6.07, 6.45) is 0.752. The summed E-state index contributed by atoms with van der Waals surface area (Å²) in [6, 6.07) is 4.45. The Hall–Kier alpha value is -1.62. The molecular weight excluding hydrogens is 259 g/mol. The maximum atomic E-state index is 13.6. The Bertz CT molecular complexity index is 463. The largest absolute Gasteiger partial charge is 0.481 e. The van der Waals surface area contributed by atoms with Crippen molar-refractivity contribution in [3.8, 4) is 5.75 Å². The molecule has 0 heterocycles. The number of likely N-dealkylation sites (N-methyl/N-ethyl adjacent to an activating group) is 1. The third-order valence-corrected chi connectivity index (χ3v) is 3.05. The van der Waals surface area contributed by atoms with Gasteiger partial charge in [0.05, 0.1) is 0 Å². The van der Waals surface area contributed by atoms with Gasteiger partial charge >= 0.3 is 0 Å². The lowest BCUT2D eigenvalue weighted by atomic mass is 10.0. The van der Waals surface area contributed by atoms with Crippen LogP contribution in [-0.4, -0.2) is 37.0 Å². The molecule has 0 spiro atoms. The van der Waals surface area contributed by atoms with Crippen LogP contribution < -0.4 is 10.5 Å². The van der Waals surface area contributed by atoms with Crippen LogP contribution in [0.25, 0.3) is 0 Å². The summed E-state index contributed by atoms with van der Waals surface area (Å²) in [5.41, 5.74) is 6.65. The summed E-state index contributed by atoms with van der Waals surface area (Å²) in [4.78, 5) is 13.2. The number of hydrogen-bond donors (Lipinski definition) is 1. The van der Waals surface area contributed by atoms with E-state index in [-0.39, 0.29) is 17.8 Å². The molecule has 2 atom stereocenters. The normalized spacial score (nSPS) is 13.7. The zero-order valence-electron chi connectivity index (χ0n) is 12.5. The van der Waals surface area contributed by atoms with E-state index < -0.39 is 6.10 Å². The van der Waals surface area contributed by atoms with Gasteiger partial charge in [0.25, 0.3) is 5.91 Å². The average molecular weight is 282 g/mol. The molecule has 0 aliphatic heterocycles. The topological polar surface area (TPSA) is 55.6 Å². The van der Waals surface area contributed by atoms with E-state index in [2.05, 4.69) is 0 Å². The molecule has 0 aromatic heterocycles. The number of halogens is 1. The Kier molecular flexibility index (Phi) is 5.95. The second-order valence-corrected chi connectivity index (χ2v) is 5.16. The van der Waals surface area contributed by atoms with Crippen molar-refractivity contribution in [3.63, 3.8) is 0 Å². The van der Waals surface area contributed by atoms with Crippen molar-refractivity contribution < 1.29 is 13.9 Å². The minimum atomic E-state index is -0.653. The third kappa shape index (κ3) is 4.81. The van der Waals surface area contributed by atoms with Gasteiger partial charge in [-0.05, 0) is 37.5 Å². The Morgan fingerprint density at radius 2 is 2.05 bits per heavy atom. The summed E-state index contributed by atoms with van der Waals surface area (Å²) in [5.74, 6) is -0.197. The first kappa shape index (κ1) is 16.4. The molecule has 1 aromatic carbocycles. The van der Waals surface area contributed by atoms with Crippen LogP contribution in [0.5, 0.6) is 5.75 Å². The number of ether oxygens (including phenoxy) is 1. The zero-order chi connectivity index (χ0) is 15.3. The lowest BCUT2D eigenvalue weighted by molar-refractivity contribution is -0.135. The van der Waals surface area contributed by atoms with Crippen LogP contribution in [0.1, 0.15) is 25.8 Å². The van der Waals surface area contributed by atoms with Gasteiger partial charge in [-0.3, -0.25) is 4.79 Å². The molecule has 2 N–H and O–H groups in total. The first-order valence-electron chi connectivity index (χ1n) is 6.76. The van der Waals surface area contributed by atoms with Crippen molar-refractivity contribution in [2.75, 3.05) is 14.1 Å². The second kappa shape index (κ2) is 7.24. The summed E-state index contributed by atoms with van der Waals surface area (Å²) in [7, 11) is 3.30. The molecule has 0 saturated carbocycles. The number of hydrogen-bond acceptors (Lipinski definition) is 3. The van der Waals surface area contributed by atoms with Gasteiger partial charge < -0.3 is 15.4 Å². The van der Waals surface area contributed by atoms with Crippen molar-refractivity contribution in [1.29, 1.82) is 0 Å². The highest BCUT2D eigenvalue weighted by Gasteiger charge is 2.17. The van der Waals surface area contributed by atoms with Crippen LogP contribution in [0, 0.1) is 5.82 Å². The molecule has 0 bridgehead atoms. The molecular formula is C15H23FN2O2. The van der Waals surface area contributed by atoms with Gasteiger partial charge in [-0.25, -0.2) is 4.39 Å². The van der Waals surface area contributed by atoms with Crippen LogP contribution in [0.4, 0.5) is 4.39 Å². The highest BCUT2D eigenvalue weighted by atomic mass is 19.1. The van der Waals surface area contributed by atoms with Crippen molar-refractivity contribution in [1.82, 2.24) is 4.90 Å². The number of nitrogens with two attached hydrogens (primary N) is 1. The van der Waals surface area contributed by atoms with Gasteiger partial charge in [-0.15, -0.1) is 0 Å². The van der Waals surface area contributed by atoms with Gasteiger partial charge in [-0.2, -0.15) is 0 Å². The van der Waals surface area contributed by atoms with E-state index in [9.17, 15) is 9.18 Å². The lowest BCUT2D eigenvalue weighted by Gasteiger charge is -2.19. The monoisotopic (exact) mass is 282 g/mol. The number of carbonyl (C=O) groups excluding carboxylic acids is 1. The molecule has 20 heavy (non-hydrogen) atoms. The summed E-state index contributed by atoms with van der Waals surface area (Å²) in [6.45, 7) is 3.63. The van der Waals surface area contributed by atoms with Gasteiger partial charge in [0.2, 0.25) is 0 Å². The van der Waals surface area contributed by atoms with Crippen molar-refractivity contribution in [2.24, 2.45) is 5.73 Å². The molecule has 5 heteroatoms.